The maximum atomic E-state index is 12.1. The Balaban J connectivity index is 1.66. The summed E-state index contributed by atoms with van der Waals surface area (Å²) in [6.45, 7) is 1.84. The highest BCUT2D eigenvalue weighted by Gasteiger charge is 2.18. The molecule has 4 N–H and O–H groups in total. The highest BCUT2D eigenvalue weighted by Crippen LogP contribution is 2.32. The van der Waals surface area contributed by atoms with E-state index in [1.165, 1.54) is 0 Å². The third-order valence-corrected chi connectivity index (χ3v) is 5.18. The van der Waals surface area contributed by atoms with Gasteiger partial charge in [0.2, 0.25) is 0 Å². The summed E-state index contributed by atoms with van der Waals surface area (Å²) in [5, 5.41) is 4.24. The SMILES string of the molecule is NC(=O)c1cc(-c2ccccc2)nc2c1[nH]c1cc(O[C@@H]3CCNC3)ccc12. The van der Waals surface area contributed by atoms with E-state index < -0.39 is 5.91 Å². The largest absolute Gasteiger partial charge is 0.489 e. The maximum Gasteiger partial charge on any atom is 0.250 e. The van der Waals surface area contributed by atoms with E-state index in [-0.39, 0.29) is 6.10 Å². The van der Waals surface area contributed by atoms with Crippen molar-refractivity contribution in [1.29, 1.82) is 0 Å². The van der Waals surface area contributed by atoms with Gasteiger partial charge in [0.1, 0.15) is 11.9 Å². The predicted molar refractivity (Wildman–Crippen MR) is 109 cm³/mol. The molecular weight excluding hydrogens is 352 g/mol. The molecule has 0 saturated carbocycles. The van der Waals surface area contributed by atoms with Crippen molar-refractivity contribution in [1.82, 2.24) is 15.3 Å². The minimum Gasteiger partial charge on any atom is -0.489 e. The molecule has 6 heteroatoms. The Bertz CT molecular complexity index is 1180. The van der Waals surface area contributed by atoms with E-state index in [0.29, 0.717) is 11.1 Å². The Labute approximate surface area is 161 Å². The summed E-state index contributed by atoms with van der Waals surface area (Å²) in [4.78, 5) is 20.2. The minimum atomic E-state index is -0.482. The number of hydrogen-bond donors (Lipinski definition) is 3. The van der Waals surface area contributed by atoms with Gasteiger partial charge in [-0.1, -0.05) is 30.3 Å². The highest BCUT2D eigenvalue weighted by molar-refractivity contribution is 6.14. The zero-order valence-electron chi connectivity index (χ0n) is 15.2. The fourth-order valence-corrected chi connectivity index (χ4v) is 3.78. The second-order valence-electron chi connectivity index (χ2n) is 7.07. The number of rotatable bonds is 4. The summed E-state index contributed by atoms with van der Waals surface area (Å²) in [5.74, 6) is 0.321. The lowest BCUT2D eigenvalue weighted by Gasteiger charge is -2.12. The van der Waals surface area contributed by atoms with Crippen LogP contribution in [0.1, 0.15) is 16.8 Å². The highest BCUT2D eigenvalue weighted by atomic mass is 16.5. The Kier molecular flexibility index (Phi) is 3.98. The Morgan fingerprint density at radius 3 is 2.75 bits per heavy atom. The number of hydrogen-bond acceptors (Lipinski definition) is 4. The van der Waals surface area contributed by atoms with Crippen LogP contribution in [0.5, 0.6) is 5.75 Å². The van der Waals surface area contributed by atoms with E-state index in [1.807, 2.05) is 48.5 Å². The topological polar surface area (TPSA) is 93.0 Å². The van der Waals surface area contributed by atoms with Crippen molar-refractivity contribution in [2.45, 2.75) is 12.5 Å². The quantitative estimate of drug-likeness (QED) is 0.513. The third kappa shape index (κ3) is 2.88. The monoisotopic (exact) mass is 372 g/mol. The first kappa shape index (κ1) is 16.8. The van der Waals surface area contributed by atoms with Gasteiger partial charge in [-0.05, 0) is 31.2 Å². The molecule has 3 heterocycles. The molecule has 1 fully saturated rings. The van der Waals surface area contributed by atoms with Crippen LogP contribution in [0.4, 0.5) is 0 Å². The Morgan fingerprint density at radius 2 is 2.00 bits per heavy atom. The molecule has 0 spiro atoms. The number of nitrogens with two attached hydrogens (primary N) is 1. The van der Waals surface area contributed by atoms with Crippen molar-refractivity contribution in [2.24, 2.45) is 5.73 Å². The van der Waals surface area contributed by atoms with Gasteiger partial charge in [0.15, 0.2) is 0 Å². The van der Waals surface area contributed by atoms with E-state index in [0.717, 1.165) is 52.9 Å². The molecule has 28 heavy (non-hydrogen) atoms. The van der Waals surface area contributed by atoms with Crippen molar-refractivity contribution >= 4 is 27.8 Å². The molecule has 0 bridgehead atoms. The summed E-state index contributed by atoms with van der Waals surface area (Å²) < 4.78 is 6.06. The van der Waals surface area contributed by atoms with Gasteiger partial charge in [0, 0.05) is 23.6 Å². The van der Waals surface area contributed by atoms with E-state index in [9.17, 15) is 4.79 Å². The molecule has 1 aliphatic heterocycles. The summed E-state index contributed by atoms with van der Waals surface area (Å²) in [7, 11) is 0. The molecule has 140 valence electrons. The van der Waals surface area contributed by atoms with Crippen LogP contribution in [0.2, 0.25) is 0 Å². The second-order valence-corrected chi connectivity index (χ2v) is 7.07. The molecule has 1 amide bonds. The van der Waals surface area contributed by atoms with Crippen LogP contribution >= 0.6 is 0 Å². The van der Waals surface area contributed by atoms with Gasteiger partial charge < -0.3 is 20.8 Å². The summed E-state index contributed by atoms with van der Waals surface area (Å²) in [6.07, 6.45) is 1.18. The number of fused-ring (bicyclic) bond motifs is 3. The Morgan fingerprint density at radius 1 is 1.14 bits per heavy atom. The summed E-state index contributed by atoms with van der Waals surface area (Å²) in [6, 6.07) is 17.4. The van der Waals surface area contributed by atoms with Gasteiger partial charge in [-0.25, -0.2) is 4.98 Å². The molecule has 0 unspecified atom stereocenters. The van der Waals surface area contributed by atoms with Gasteiger partial charge in [0.25, 0.3) is 5.91 Å². The maximum absolute atomic E-state index is 12.1. The molecular formula is C22H20N4O2. The van der Waals surface area contributed by atoms with E-state index in [4.69, 9.17) is 15.5 Å². The number of carbonyl (C=O) groups excluding carboxylic acids is 1. The molecule has 0 radical (unpaired) electrons. The average molecular weight is 372 g/mol. The van der Waals surface area contributed by atoms with E-state index >= 15 is 0 Å². The number of pyridine rings is 1. The van der Waals surface area contributed by atoms with Crippen LogP contribution in [0, 0.1) is 0 Å². The normalized spacial score (nSPS) is 16.6. The van der Waals surface area contributed by atoms with Crippen molar-refractivity contribution in [2.75, 3.05) is 13.1 Å². The lowest BCUT2D eigenvalue weighted by molar-refractivity contribution is 0.100. The number of aromatic amines is 1. The molecule has 5 rings (SSSR count). The van der Waals surface area contributed by atoms with Gasteiger partial charge in [0.05, 0.1) is 27.8 Å². The first-order valence-corrected chi connectivity index (χ1v) is 9.38. The number of ether oxygens (including phenoxy) is 1. The van der Waals surface area contributed by atoms with Gasteiger partial charge in [-0.15, -0.1) is 0 Å². The molecule has 1 atom stereocenters. The van der Waals surface area contributed by atoms with E-state index in [1.54, 1.807) is 6.07 Å². The molecule has 4 aromatic rings. The van der Waals surface area contributed by atoms with Gasteiger partial charge >= 0.3 is 0 Å². The first-order chi connectivity index (χ1) is 13.7. The van der Waals surface area contributed by atoms with Crippen LogP contribution in [-0.2, 0) is 0 Å². The van der Waals surface area contributed by atoms with Crippen molar-refractivity contribution < 1.29 is 9.53 Å². The number of carbonyl (C=O) groups is 1. The second kappa shape index (κ2) is 6.65. The zero-order valence-corrected chi connectivity index (χ0v) is 15.2. The smallest absolute Gasteiger partial charge is 0.250 e. The van der Waals surface area contributed by atoms with Crippen LogP contribution in [-0.4, -0.2) is 35.1 Å². The van der Waals surface area contributed by atoms with Gasteiger partial charge in [-0.2, -0.15) is 0 Å². The van der Waals surface area contributed by atoms with Gasteiger partial charge in [-0.3, -0.25) is 4.79 Å². The summed E-state index contributed by atoms with van der Waals surface area (Å²) >= 11 is 0. The van der Waals surface area contributed by atoms with Crippen LogP contribution in [0.3, 0.4) is 0 Å². The van der Waals surface area contributed by atoms with Crippen molar-refractivity contribution in [3.05, 3.63) is 60.2 Å². The molecule has 6 nitrogen and oxygen atoms in total. The number of amides is 1. The average Bonchev–Trinajstić information content (AvgIpc) is 3.35. The summed E-state index contributed by atoms with van der Waals surface area (Å²) in [5.41, 5.74) is 10.0. The van der Waals surface area contributed by atoms with Crippen LogP contribution < -0.4 is 15.8 Å². The molecule has 1 saturated heterocycles. The molecule has 1 aliphatic rings. The molecule has 0 aliphatic carbocycles. The van der Waals surface area contributed by atoms with Crippen LogP contribution in [0.15, 0.2) is 54.6 Å². The fourth-order valence-electron chi connectivity index (χ4n) is 3.78. The number of aromatic nitrogens is 2. The number of primary amides is 1. The standard InChI is InChI=1S/C22H20N4O2/c23-22(27)17-11-18(13-4-2-1-3-5-13)25-20-16-7-6-14(10-19(16)26-21(17)20)28-15-8-9-24-12-15/h1-7,10-11,15,24,26H,8-9,12H2,(H2,23,27)/t15-/m1/s1. The van der Waals surface area contributed by atoms with E-state index in [2.05, 4.69) is 10.3 Å². The minimum absolute atomic E-state index is 0.186. The van der Waals surface area contributed by atoms with Crippen LogP contribution in [0.25, 0.3) is 33.2 Å². The van der Waals surface area contributed by atoms with Crippen molar-refractivity contribution in [3.8, 4) is 17.0 Å². The zero-order chi connectivity index (χ0) is 19.1. The number of nitrogens with zero attached hydrogens (tertiary/aromatic N) is 1. The number of H-pyrrole nitrogens is 1. The molecule has 2 aromatic carbocycles. The third-order valence-electron chi connectivity index (χ3n) is 5.18. The predicted octanol–water partition coefficient (Wildman–Crippen LogP) is 3.22. The first-order valence-electron chi connectivity index (χ1n) is 9.38. The fraction of sp³-hybridized carbons (Fsp3) is 0.182. The number of benzene rings is 2. The lowest BCUT2D eigenvalue weighted by Crippen LogP contribution is -2.19. The number of nitrogens with one attached hydrogen (secondary N) is 2. The van der Waals surface area contributed by atoms with Crippen molar-refractivity contribution in [3.63, 3.8) is 0 Å². The Hall–Kier alpha value is -3.38. The molecule has 2 aromatic heterocycles. The lowest BCUT2D eigenvalue weighted by atomic mass is 10.1.